The van der Waals surface area contributed by atoms with E-state index in [0.29, 0.717) is 0 Å². The van der Waals surface area contributed by atoms with Crippen molar-refractivity contribution < 1.29 is 0 Å². The molecule has 0 radical (unpaired) electrons. The van der Waals surface area contributed by atoms with Crippen molar-refractivity contribution in [1.82, 2.24) is 39.5 Å². The van der Waals surface area contributed by atoms with Crippen LogP contribution in [-0.2, 0) is 7.05 Å². The third-order valence-electron chi connectivity index (χ3n) is 5.34. The third-order valence-corrected chi connectivity index (χ3v) is 5.34. The zero-order valence-electron chi connectivity index (χ0n) is 16.5. The lowest BCUT2D eigenvalue weighted by atomic mass is 10.1. The number of H-pyrrole nitrogens is 2. The smallest absolute Gasteiger partial charge is 0.147 e. The number of fused-ring (bicyclic) bond motifs is 2. The number of nitrogens with zero attached hydrogens (tertiary/aromatic N) is 6. The third kappa shape index (κ3) is 2.54. The lowest BCUT2D eigenvalue weighted by Gasteiger charge is -2.01. The minimum absolute atomic E-state index is 0.839. The molecule has 6 rings (SSSR count). The van der Waals surface area contributed by atoms with E-state index in [2.05, 4.69) is 54.5 Å². The van der Waals surface area contributed by atoms with Gasteiger partial charge >= 0.3 is 0 Å². The molecule has 6 aromatic rings. The van der Waals surface area contributed by atoms with Gasteiger partial charge < -0.3 is 4.98 Å². The minimum atomic E-state index is 0.839. The number of aromatic amines is 2. The lowest BCUT2D eigenvalue weighted by Crippen LogP contribution is -1.94. The van der Waals surface area contributed by atoms with E-state index < -0.39 is 0 Å². The number of pyridine rings is 1. The molecule has 5 aromatic heterocycles. The van der Waals surface area contributed by atoms with Crippen LogP contribution in [0.25, 0.3) is 50.1 Å². The van der Waals surface area contributed by atoms with Gasteiger partial charge in [-0.05, 0) is 36.8 Å². The Morgan fingerprint density at radius 1 is 0.933 bits per heavy atom. The molecule has 0 unspecified atom stereocenters. The van der Waals surface area contributed by atoms with E-state index in [1.807, 2.05) is 43.2 Å². The Bertz CT molecular complexity index is 1530. The Hall–Kier alpha value is -4.20. The maximum atomic E-state index is 4.59. The molecule has 1 aromatic carbocycles. The lowest BCUT2D eigenvalue weighted by molar-refractivity contribution is 0.768. The molecule has 0 bridgehead atoms. The summed E-state index contributed by atoms with van der Waals surface area (Å²) in [6.45, 7) is 1.97. The molecule has 0 aliphatic rings. The first-order valence-electron chi connectivity index (χ1n) is 9.62. The van der Waals surface area contributed by atoms with Crippen LogP contribution in [0.5, 0.6) is 0 Å². The van der Waals surface area contributed by atoms with Gasteiger partial charge in [0.2, 0.25) is 0 Å². The molecule has 146 valence electrons. The van der Waals surface area contributed by atoms with Crippen molar-refractivity contribution in [2.45, 2.75) is 6.92 Å². The molecule has 0 aliphatic carbocycles. The van der Waals surface area contributed by atoms with Gasteiger partial charge in [-0.2, -0.15) is 10.2 Å². The predicted molar refractivity (Wildman–Crippen MR) is 115 cm³/mol. The van der Waals surface area contributed by atoms with Gasteiger partial charge in [0.25, 0.3) is 0 Å². The van der Waals surface area contributed by atoms with Gasteiger partial charge in [0.1, 0.15) is 17.8 Å². The van der Waals surface area contributed by atoms with Crippen LogP contribution in [0.3, 0.4) is 0 Å². The summed E-state index contributed by atoms with van der Waals surface area (Å²) >= 11 is 0. The van der Waals surface area contributed by atoms with Crippen molar-refractivity contribution in [2.24, 2.45) is 7.05 Å². The summed E-state index contributed by atoms with van der Waals surface area (Å²) in [6, 6.07) is 10.4. The maximum Gasteiger partial charge on any atom is 0.147 e. The molecule has 30 heavy (non-hydrogen) atoms. The Kier molecular flexibility index (Phi) is 3.43. The average molecular weight is 394 g/mol. The number of aryl methyl sites for hydroxylation is 2. The number of imidazole rings is 1. The highest BCUT2D eigenvalue weighted by Gasteiger charge is 2.15. The van der Waals surface area contributed by atoms with Gasteiger partial charge in [-0.15, -0.1) is 0 Å². The van der Waals surface area contributed by atoms with Crippen LogP contribution in [0.15, 0.2) is 61.4 Å². The Morgan fingerprint density at radius 2 is 1.87 bits per heavy atom. The number of rotatable bonds is 3. The molecule has 0 atom stereocenters. The van der Waals surface area contributed by atoms with Crippen molar-refractivity contribution in [3.05, 3.63) is 67.1 Å². The minimum Gasteiger partial charge on any atom is -0.353 e. The van der Waals surface area contributed by atoms with E-state index in [1.54, 1.807) is 17.2 Å². The van der Waals surface area contributed by atoms with Crippen LogP contribution in [0, 0.1) is 6.92 Å². The molecule has 0 aliphatic heterocycles. The Morgan fingerprint density at radius 3 is 2.67 bits per heavy atom. The first kappa shape index (κ1) is 16.7. The van der Waals surface area contributed by atoms with Crippen molar-refractivity contribution in [1.29, 1.82) is 0 Å². The van der Waals surface area contributed by atoms with Gasteiger partial charge in [0.15, 0.2) is 0 Å². The summed E-state index contributed by atoms with van der Waals surface area (Å²) in [7, 11) is 1.92. The molecule has 0 spiro atoms. The van der Waals surface area contributed by atoms with E-state index in [9.17, 15) is 0 Å². The van der Waals surface area contributed by atoms with Crippen molar-refractivity contribution in [3.63, 3.8) is 0 Å². The van der Waals surface area contributed by atoms with Crippen LogP contribution in [0.1, 0.15) is 5.69 Å². The highest BCUT2D eigenvalue weighted by Crippen LogP contribution is 2.32. The van der Waals surface area contributed by atoms with Crippen LogP contribution < -0.4 is 0 Å². The number of benzene rings is 1. The fourth-order valence-electron chi connectivity index (χ4n) is 3.88. The molecule has 0 saturated heterocycles. The largest absolute Gasteiger partial charge is 0.353 e. The van der Waals surface area contributed by atoms with Crippen LogP contribution in [-0.4, -0.2) is 39.5 Å². The maximum absolute atomic E-state index is 4.59. The average Bonchev–Trinajstić information content (AvgIpc) is 3.52. The number of aromatic nitrogens is 8. The molecule has 5 heterocycles. The van der Waals surface area contributed by atoms with Crippen molar-refractivity contribution in [3.8, 4) is 28.3 Å². The molecule has 8 heteroatoms. The highest BCUT2D eigenvalue weighted by atomic mass is 15.2. The number of hydrogen-bond acceptors (Lipinski definition) is 4. The van der Waals surface area contributed by atoms with Crippen LogP contribution in [0.2, 0.25) is 0 Å². The fraction of sp³-hybridized carbons (Fsp3) is 0.0909. The predicted octanol–water partition coefficient (Wildman–Crippen LogP) is 4.00. The normalized spacial score (nSPS) is 11.7. The second-order valence-corrected chi connectivity index (χ2v) is 7.44. The first-order chi connectivity index (χ1) is 14.7. The van der Waals surface area contributed by atoms with Crippen molar-refractivity contribution >= 4 is 21.8 Å². The molecule has 0 amide bonds. The SMILES string of the molecule is Cc1cn(-c2nccc3[nH]c(-c4n[nH]c5ccc(-c6cnn(C)c6)cc45)cc23)cn1. The van der Waals surface area contributed by atoms with Gasteiger partial charge in [-0.1, -0.05) is 6.07 Å². The summed E-state index contributed by atoms with van der Waals surface area (Å²) in [4.78, 5) is 12.4. The summed E-state index contributed by atoms with van der Waals surface area (Å²) in [5.74, 6) is 0.839. The zero-order chi connectivity index (χ0) is 20.2. The van der Waals surface area contributed by atoms with Gasteiger partial charge in [0.05, 0.1) is 28.6 Å². The highest BCUT2D eigenvalue weighted by molar-refractivity contribution is 5.98. The first-order valence-corrected chi connectivity index (χ1v) is 9.62. The molecule has 8 nitrogen and oxygen atoms in total. The van der Waals surface area contributed by atoms with Crippen LogP contribution >= 0.6 is 0 Å². The van der Waals surface area contributed by atoms with Crippen molar-refractivity contribution in [2.75, 3.05) is 0 Å². The second-order valence-electron chi connectivity index (χ2n) is 7.44. The summed E-state index contributed by atoms with van der Waals surface area (Å²) in [5.41, 5.74) is 6.92. The zero-order valence-corrected chi connectivity index (χ0v) is 16.5. The van der Waals surface area contributed by atoms with E-state index in [4.69, 9.17) is 0 Å². The fourth-order valence-corrected chi connectivity index (χ4v) is 3.88. The monoisotopic (exact) mass is 394 g/mol. The van der Waals surface area contributed by atoms with Gasteiger partial charge in [0, 0.05) is 42.0 Å². The van der Waals surface area contributed by atoms with E-state index >= 15 is 0 Å². The number of nitrogens with one attached hydrogen (secondary N) is 2. The molecule has 0 fully saturated rings. The van der Waals surface area contributed by atoms with E-state index in [1.165, 1.54) is 0 Å². The standard InChI is InChI=1S/C22H18N8/c1-13-10-30(12-24-13)22-17-8-20(26-18(17)5-6-23-22)21-16-7-14(3-4-19(16)27-28-21)15-9-25-29(2)11-15/h3-12,26H,1-2H3,(H,27,28). The molecular formula is C22H18N8. The summed E-state index contributed by atoms with van der Waals surface area (Å²) in [5, 5.41) is 14.1. The van der Waals surface area contributed by atoms with E-state index in [-0.39, 0.29) is 0 Å². The Labute approximate surface area is 171 Å². The summed E-state index contributed by atoms with van der Waals surface area (Å²) in [6.07, 6.45) is 9.44. The molecule has 2 N–H and O–H groups in total. The second kappa shape index (κ2) is 6.15. The van der Waals surface area contributed by atoms with Gasteiger partial charge in [-0.3, -0.25) is 14.3 Å². The quantitative estimate of drug-likeness (QED) is 0.474. The summed E-state index contributed by atoms with van der Waals surface area (Å²) < 4.78 is 3.75. The van der Waals surface area contributed by atoms with Gasteiger partial charge in [-0.25, -0.2) is 9.97 Å². The Balaban J connectivity index is 1.52. The molecule has 0 saturated carbocycles. The number of hydrogen-bond donors (Lipinski definition) is 2. The van der Waals surface area contributed by atoms with Crippen LogP contribution in [0.4, 0.5) is 0 Å². The topological polar surface area (TPSA) is 93.0 Å². The van der Waals surface area contributed by atoms with E-state index in [0.717, 1.165) is 55.8 Å². The molecular weight excluding hydrogens is 376 g/mol.